The molecule has 0 aromatic carbocycles. The van der Waals surface area contributed by atoms with Crippen LogP contribution in [0.5, 0.6) is 0 Å². The smallest absolute Gasteiger partial charge is 0.313 e. The van der Waals surface area contributed by atoms with Crippen molar-refractivity contribution in [3.63, 3.8) is 0 Å². The highest BCUT2D eigenvalue weighted by molar-refractivity contribution is 5.81. The summed E-state index contributed by atoms with van der Waals surface area (Å²) in [6, 6.07) is 1.85. The molecule has 2 saturated heterocycles. The molecule has 0 amide bonds. The zero-order valence-electron chi connectivity index (χ0n) is 14.1. The van der Waals surface area contributed by atoms with E-state index in [0.29, 0.717) is 13.0 Å². The van der Waals surface area contributed by atoms with Crippen LogP contribution in [-0.2, 0) is 19.1 Å². The van der Waals surface area contributed by atoms with E-state index < -0.39 is 0 Å². The van der Waals surface area contributed by atoms with Gasteiger partial charge in [-0.2, -0.15) is 0 Å². The lowest BCUT2D eigenvalue weighted by molar-refractivity contribution is -0.175. The number of rotatable bonds is 1. The zero-order chi connectivity index (χ0) is 17.2. The standard InChI is InChI=1S/C20H20O5/c1-19-9-15(12-6-8-23-10-12)25-18(22)13(19)5-7-20-11-24-17(21)14(20)3-2-4-16(19)20/h2-4,6,8,10,13-15H,5,7,9,11H2,1H3/t13-,14+,15-,19+,20-/m1/s1. The number of ether oxygens (including phenoxy) is 2. The molecule has 4 aliphatic rings. The van der Waals surface area contributed by atoms with Gasteiger partial charge in [0.2, 0.25) is 0 Å². The molecule has 1 saturated carbocycles. The molecular formula is C20H20O5. The molecule has 130 valence electrons. The summed E-state index contributed by atoms with van der Waals surface area (Å²) in [4.78, 5) is 25.0. The molecule has 0 bridgehead atoms. The van der Waals surface area contributed by atoms with Crippen LogP contribution in [0.2, 0.25) is 0 Å². The van der Waals surface area contributed by atoms with E-state index in [1.807, 2.05) is 18.2 Å². The first-order valence-corrected chi connectivity index (χ1v) is 8.83. The number of esters is 2. The van der Waals surface area contributed by atoms with Crippen molar-refractivity contribution in [3.8, 4) is 0 Å². The molecule has 25 heavy (non-hydrogen) atoms. The van der Waals surface area contributed by atoms with E-state index in [0.717, 1.165) is 18.4 Å². The van der Waals surface area contributed by atoms with Gasteiger partial charge in [0, 0.05) is 16.4 Å². The van der Waals surface area contributed by atoms with Gasteiger partial charge in [0.1, 0.15) is 12.7 Å². The Labute approximate surface area is 145 Å². The fraction of sp³-hybridized carbons (Fsp3) is 0.500. The molecule has 5 atom stereocenters. The minimum Gasteiger partial charge on any atom is -0.472 e. The van der Waals surface area contributed by atoms with Gasteiger partial charge >= 0.3 is 11.9 Å². The maximum Gasteiger partial charge on any atom is 0.313 e. The Morgan fingerprint density at radius 2 is 2.12 bits per heavy atom. The second-order valence-corrected chi connectivity index (χ2v) is 7.90. The molecule has 5 rings (SSSR count). The second kappa shape index (κ2) is 4.87. The van der Waals surface area contributed by atoms with Crippen LogP contribution in [0, 0.1) is 22.7 Å². The molecule has 0 unspecified atom stereocenters. The van der Waals surface area contributed by atoms with Crippen LogP contribution >= 0.6 is 0 Å². The Morgan fingerprint density at radius 3 is 2.92 bits per heavy atom. The van der Waals surface area contributed by atoms with Crippen molar-refractivity contribution < 1.29 is 23.5 Å². The van der Waals surface area contributed by atoms with E-state index >= 15 is 0 Å². The summed E-state index contributed by atoms with van der Waals surface area (Å²) in [5, 5.41) is 0. The minimum atomic E-state index is -0.341. The second-order valence-electron chi connectivity index (χ2n) is 7.90. The molecule has 1 spiro atoms. The molecule has 3 heterocycles. The average molecular weight is 340 g/mol. The fourth-order valence-electron chi connectivity index (χ4n) is 5.49. The number of hydrogen-bond acceptors (Lipinski definition) is 5. The first-order valence-electron chi connectivity index (χ1n) is 8.83. The lowest BCUT2D eigenvalue weighted by atomic mass is 9.49. The van der Waals surface area contributed by atoms with Crippen molar-refractivity contribution in [1.82, 2.24) is 0 Å². The normalized spacial score (nSPS) is 42.0. The van der Waals surface area contributed by atoms with E-state index in [4.69, 9.17) is 13.9 Å². The highest BCUT2D eigenvalue weighted by Crippen LogP contribution is 2.64. The Kier molecular flexibility index (Phi) is 2.92. The third-order valence-electron chi connectivity index (χ3n) is 6.75. The van der Waals surface area contributed by atoms with E-state index in [1.165, 1.54) is 5.57 Å². The van der Waals surface area contributed by atoms with Crippen molar-refractivity contribution in [3.05, 3.63) is 48.0 Å². The number of fused-ring (bicyclic) bond motifs is 2. The first-order chi connectivity index (χ1) is 12.0. The predicted octanol–water partition coefficient (Wildman–Crippen LogP) is 3.34. The number of hydrogen-bond donors (Lipinski definition) is 0. The van der Waals surface area contributed by atoms with Gasteiger partial charge in [-0.3, -0.25) is 9.59 Å². The van der Waals surface area contributed by atoms with E-state index in [2.05, 4.69) is 13.0 Å². The van der Waals surface area contributed by atoms with Gasteiger partial charge in [0.15, 0.2) is 0 Å². The summed E-state index contributed by atoms with van der Waals surface area (Å²) in [6.45, 7) is 2.57. The van der Waals surface area contributed by atoms with Gasteiger partial charge in [-0.15, -0.1) is 0 Å². The van der Waals surface area contributed by atoms with Crippen molar-refractivity contribution in [2.24, 2.45) is 22.7 Å². The lowest BCUT2D eigenvalue weighted by Gasteiger charge is -2.55. The van der Waals surface area contributed by atoms with Gasteiger partial charge < -0.3 is 13.9 Å². The Balaban J connectivity index is 1.60. The Bertz CT molecular complexity index is 804. The molecule has 0 radical (unpaired) electrons. The summed E-state index contributed by atoms with van der Waals surface area (Å²) in [7, 11) is 0. The zero-order valence-corrected chi connectivity index (χ0v) is 14.1. The van der Waals surface area contributed by atoms with Gasteiger partial charge in [0.25, 0.3) is 0 Å². The highest BCUT2D eigenvalue weighted by atomic mass is 16.5. The van der Waals surface area contributed by atoms with E-state index in [1.54, 1.807) is 12.5 Å². The fourth-order valence-corrected chi connectivity index (χ4v) is 5.49. The van der Waals surface area contributed by atoms with Crippen LogP contribution < -0.4 is 0 Å². The molecule has 5 nitrogen and oxygen atoms in total. The third kappa shape index (κ3) is 1.84. The molecule has 1 aromatic rings. The van der Waals surface area contributed by atoms with Crippen LogP contribution in [0.3, 0.4) is 0 Å². The van der Waals surface area contributed by atoms with Crippen LogP contribution in [0.1, 0.15) is 37.9 Å². The number of cyclic esters (lactones) is 2. The topological polar surface area (TPSA) is 65.7 Å². The average Bonchev–Trinajstić information content (AvgIpc) is 3.23. The predicted molar refractivity (Wildman–Crippen MR) is 87.1 cm³/mol. The Morgan fingerprint density at radius 1 is 1.24 bits per heavy atom. The first kappa shape index (κ1) is 15.0. The monoisotopic (exact) mass is 340 g/mol. The molecule has 2 aliphatic carbocycles. The summed E-state index contributed by atoms with van der Waals surface area (Å²) < 4.78 is 16.4. The van der Waals surface area contributed by atoms with E-state index in [-0.39, 0.29) is 40.7 Å². The van der Waals surface area contributed by atoms with Crippen LogP contribution in [-0.4, -0.2) is 18.5 Å². The van der Waals surface area contributed by atoms with E-state index in [9.17, 15) is 9.59 Å². The van der Waals surface area contributed by atoms with Crippen molar-refractivity contribution in [2.45, 2.75) is 32.3 Å². The molecule has 1 aromatic heterocycles. The van der Waals surface area contributed by atoms with Crippen molar-refractivity contribution in [1.29, 1.82) is 0 Å². The van der Waals surface area contributed by atoms with Crippen molar-refractivity contribution in [2.75, 3.05) is 6.61 Å². The van der Waals surface area contributed by atoms with Gasteiger partial charge in [0.05, 0.1) is 24.4 Å². The molecule has 5 heteroatoms. The van der Waals surface area contributed by atoms with Crippen molar-refractivity contribution >= 4 is 11.9 Å². The highest BCUT2D eigenvalue weighted by Gasteiger charge is 2.63. The number of carbonyl (C=O) groups is 2. The van der Waals surface area contributed by atoms with Crippen LogP contribution in [0.15, 0.2) is 46.8 Å². The molecule has 0 N–H and O–H groups in total. The summed E-state index contributed by atoms with van der Waals surface area (Å²) in [5.41, 5.74) is 1.43. The molecular weight excluding hydrogens is 320 g/mol. The SMILES string of the molecule is C[C@]12C[C@H](c3ccoc3)OC(=O)[C@H]1CC[C@@]13COC(=O)[C@@H]1C=CC=C32. The van der Waals surface area contributed by atoms with Gasteiger partial charge in [-0.25, -0.2) is 0 Å². The Hall–Kier alpha value is -2.30. The maximum absolute atomic E-state index is 12.8. The maximum atomic E-state index is 12.8. The number of allylic oxidation sites excluding steroid dienone is 2. The quantitative estimate of drug-likeness (QED) is 0.734. The molecule has 3 fully saturated rings. The summed E-state index contributed by atoms with van der Waals surface area (Å²) in [6.07, 6.45) is 11.1. The largest absolute Gasteiger partial charge is 0.472 e. The van der Waals surface area contributed by atoms with Gasteiger partial charge in [-0.05, 0) is 25.3 Å². The number of carbonyl (C=O) groups excluding carboxylic acids is 2. The summed E-state index contributed by atoms with van der Waals surface area (Å²) in [5.74, 6) is -0.688. The van der Waals surface area contributed by atoms with Crippen LogP contribution in [0.25, 0.3) is 0 Å². The molecule has 2 aliphatic heterocycles. The van der Waals surface area contributed by atoms with Crippen LogP contribution in [0.4, 0.5) is 0 Å². The minimum absolute atomic E-state index is 0.145. The lowest BCUT2D eigenvalue weighted by Crippen LogP contribution is -2.53. The number of furan rings is 1. The third-order valence-corrected chi connectivity index (χ3v) is 6.75. The van der Waals surface area contributed by atoms with Gasteiger partial charge in [-0.1, -0.05) is 30.7 Å². The summed E-state index contributed by atoms with van der Waals surface area (Å²) >= 11 is 0.